The molecule has 54 heavy (non-hydrogen) atoms. The number of carbonyl (C=O) groups excluding carboxylic acids is 1. The Kier molecular flexibility index (Phi) is 8.45. The third-order valence-corrected chi connectivity index (χ3v) is 11.5. The van der Waals surface area contributed by atoms with E-state index < -0.39 is 41.1 Å². The summed E-state index contributed by atoms with van der Waals surface area (Å²) in [5, 5.41) is 0.862. The number of benzene rings is 2. The van der Waals surface area contributed by atoms with Crippen LogP contribution in [0.3, 0.4) is 0 Å². The molecule has 4 aromatic rings. The maximum absolute atomic E-state index is 17.4. The van der Waals surface area contributed by atoms with E-state index in [2.05, 4.69) is 14.8 Å². The van der Waals surface area contributed by atoms with Crippen LogP contribution in [-0.4, -0.2) is 113 Å². The molecule has 0 spiro atoms. The summed E-state index contributed by atoms with van der Waals surface area (Å²) in [6, 6.07) is 6.81. The standard InChI is InChI=1S/C39H43F3N6O6/c1-38(2,3)54-37(49)48-23-9-10-27(48)28-18-51-35-30-33(31(42)32(43-35)25-14-24(53-20-50-4)13-21-7-5-8-26(41)29(21)25)44-36(45-34(30)47(28)17-23)52-19-39-11-6-12-46(39)16-22(40)15-39/h5,7-8,13-14,22-23,27-28H,6,9-12,15-20H2,1-4H3/t22-,23-,27+,28-,39+/m0/s1. The van der Waals surface area contributed by atoms with Gasteiger partial charge in [-0.3, -0.25) is 9.80 Å². The van der Waals surface area contributed by atoms with E-state index in [1.165, 1.54) is 19.2 Å². The lowest BCUT2D eigenvalue weighted by Gasteiger charge is -2.46. The molecule has 7 heterocycles. The summed E-state index contributed by atoms with van der Waals surface area (Å²) in [5.74, 6) is -0.626. The van der Waals surface area contributed by atoms with Crippen molar-refractivity contribution in [2.24, 2.45) is 0 Å². The Labute approximate surface area is 310 Å². The maximum Gasteiger partial charge on any atom is 0.410 e. The van der Waals surface area contributed by atoms with E-state index in [1.54, 1.807) is 18.2 Å². The second kappa shape index (κ2) is 13.0. The molecule has 0 radical (unpaired) electrons. The van der Waals surface area contributed by atoms with E-state index in [0.717, 1.165) is 25.8 Å². The third-order valence-electron chi connectivity index (χ3n) is 11.5. The Morgan fingerprint density at radius 2 is 1.91 bits per heavy atom. The number of halogens is 3. The minimum atomic E-state index is -0.960. The first-order chi connectivity index (χ1) is 25.9. The number of piperazine rings is 1. The van der Waals surface area contributed by atoms with E-state index in [1.807, 2.05) is 25.7 Å². The van der Waals surface area contributed by atoms with Gasteiger partial charge in [-0.25, -0.2) is 22.9 Å². The number of pyridine rings is 1. The molecule has 4 fully saturated rings. The van der Waals surface area contributed by atoms with Crippen molar-refractivity contribution in [2.45, 2.75) is 88.3 Å². The van der Waals surface area contributed by atoms with Gasteiger partial charge in [0.1, 0.15) is 59.0 Å². The molecule has 2 bridgehead atoms. The van der Waals surface area contributed by atoms with Crippen LogP contribution in [0.4, 0.5) is 23.8 Å². The van der Waals surface area contributed by atoms with E-state index in [4.69, 9.17) is 33.7 Å². The van der Waals surface area contributed by atoms with Crippen molar-refractivity contribution in [3.05, 3.63) is 42.0 Å². The van der Waals surface area contributed by atoms with Crippen molar-refractivity contribution in [3.63, 3.8) is 0 Å². The average Bonchev–Trinajstić information content (AvgIpc) is 3.73. The van der Waals surface area contributed by atoms with Crippen LogP contribution < -0.4 is 19.1 Å². The molecule has 9 rings (SSSR count). The number of fused-ring (bicyclic) bond motifs is 7. The lowest BCUT2D eigenvalue weighted by Crippen LogP contribution is -2.63. The van der Waals surface area contributed by atoms with Crippen molar-refractivity contribution in [1.29, 1.82) is 0 Å². The molecule has 286 valence electrons. The molecule has 2 aromatic heterocycles. The van der Waals surface area contributed by atoms with E-state index in [9.17, 15) is 9.18 Å². The predicted octanol–water partition coefficient (Wildman–Crippen LogP) is 6.41. The highest BCUT2D eigenvalue weighted by Crippen LogP contribution is 2.47. The van der Waals surface area contributed by atoms with Crippen LogP contribution in [0, 0.1) is 11.6 Å². The highest BCUT2D eigenvalue weighted by Gasteiger charge is 2.52. The van der Waals surface area contributed by atoms with Crippen LogP contribution in [0.2, 0.25) is 0 Å². The molecule has 2 aromatic carbocycles. The third kappa shape index (κ3) is 5.81. The second-order valence-electron chi connectivity index (χ2n) is 16.1. The Bertz CT molecular complexity index is 2150. The average molecular weight is 749 g/mol. The molecule has 15 heteroatoms. The number of aromatic nitrogens is 3. The van der Waals surface area contributed by atoms with Crippen molar-refractivity contribution < 1.29 is 41.7 Å². The number of carbonyl (C=O) groups is 1. The predicted molar refractivity (Wildman–Crippen MR) is 193 cm³/mol. The number of methoxy groups -OCH3 is 1. The molecular formula is C39H43F3N6O6. The molecule has 0 N–H and O–H groups in total. The zero-order valence-corrected chi connectivity index (χ0v) is 30.7. The summed E-state index contributed by atoms with van der Waals surface area (Å²) >= 11 is 0. The summed E-state index contributed by atoms with van der Waals surface area (Å²) in [4.78, 5) is 33.8. The quantitative estimate of drug-likeness (QED) is 0.196. The van der Waals surface area contributed by atoms with Crippen LogP contribution in [0.25, 0.3) is 32.9 Å². The second-order valence-corrected chi connectivity index (χ2v) is 16.1. The molecule has 0 saturated carbocycles. The van der Waals surface area contributed by atoms with Crippen LogP contribution >= 0.6 is 0 Å². The molecule has 12 nitrogen and oxygen atoms in total. The van der Waals surface area contributed by atoms with Gasteiger partial charge in [0.2, 0.25) is 5.88 Å². The monoisotopic (exact) mass is 748 g/mol. The van der Waals surface area contributed by atoms with Gasteiger partial charge in [0, 0.05) is 37.6 Å². The first kappa shape index (κ1) is 35.1. The summed E-state index contributed by atoms with van der Waals surface area (Å²) in [6.07, 6.45) is 2.13. The Morgan fingerprint density at radius 1 is 1.06 bits per heavy atom. The number of hydrogen-bond donors (Lipinski definition) is 0. The van der Waals surface area contributed by atoms with E-state index in [-0.39, 0.29) is 71.5 Å². The Hall–Kier alpha value is -4.63. The van der Waals surface area contributed by atoms with Gasteiger partial charge in [0.05, 0.1) is 23.7 Å². The largest absolute Gasteiger partial charge is 0.475 e. The SMILES string of the molecule is COCOc1cc(-c2nc3c4c(nc(OC[C@]56CCCN5C[C@@H](F)C6)nc4c2F)N2C[C@@H]4CC[C@H]([C@@H]2CO3)N4C(=O)OC(C)(C)C)c2c(F)cccc2c1. The molecule has 1 amide bonds. The van der Waals surface area contributed by atoms with Crippen molar-refractivity contribution in [1.82, 2.24) is 24.8 Å². The zero-order valence-electron chi connectivity index (χ0n) is 30.7. The van der Waals surface area contributed by atoms with Gasteiger partial charge in [-0.2, -0.15) is 9.97 Å². The van der Waals surface area contributed by atoms with Crippen LogP contribution in [0.1, 0.15) is 52.9 Å². The van der Waals surface area contributed by atoms with Gasteiger partial charge in [0.25, 0.3) is 0 Å². The number of ether oxygens (including phenoxy) is 5. The van der Waals surface area contributed by atoms with Gasteiger partial charge in [-0.15, -0.1) is 0 Å². The van der Waals surface area contributed by atoms with Crippen LogP contribution in [0.5, 0.6) is 17.6 Å². The Morgan fingerprint density at radius 3 is 2.72 bits per heavy atom. The number of alkyl halides is 1. The maximum atomic E-state index is 17.4. The molecular weight excluding hydrogens is 705 g/mol. The van der Waals surface area contributed by atoms with Crippen LogP contribution in [0.15, 0.2) is 30.3 Å². The molecule has 0 aliphatic carbocycles. The molecule has 5 atom stereocenters. The first-order valence-corrected chi connectivity index (χ1v) is 18.6. The Balaban J connectivity index is 1.19. The fraction of sp³-hybridized carbons (Fsp3) is 0.538. The lowest BCUT2D eigenvalue weighted by molar-refractivity contribution is 0.00537. The van der Waals surface area contributed by atoms with Gasteiger partial charge in [-0.05, 0) is 76.6 Å². The van der Waals surface area contributed by atoms with Gasteiger partial charge >= 0.3 is 12.1 Å². The fourth-order valence-electron chi connectivity index (χ4n) is 9.31. The van der Waals surface area contributed by atoms with Gasteiger partial charge < -0.3 is 28.6 Å². The van der Waals surface area contributed by atoms with Gasteiger partial charge in [-0.1, -0.05) is 12.1 Å². The lowest BCUT2D eigenvalue weighted by atomic mass is 9.95. The number of anilines is 1. The minimum Gasteiger partial charge on any atom is -0.475 e. The summed E-state index contributed by atoms with van der Waals surface area (Å²) in [6.45, 7) is 7.17. The fourth-order valence-corrected chi connectivity index (χ4v) is 9.31. The van der Waals surface area contributed by atoms with Gasteiger partial charge in [0.15, 0.2) is 12.6 Å². The van der Waals surface area contributed by atoms with Crippen molar-refractivity contribution in [2.75, 3.05) is 51.7 Å². The highest BCUT2D eigenvalue weighted by atomic mass is 19.1. The van der Waals surface area contributed by atoms with Crippen LogP contribution in [-0.2, 0) is 9.47 Å². The normalized spacial score (nSPS) is 26.1. The smallest absolute Gasteiger partial charge is 0.410 e. The van der Waals surface area contributed by atoms with Crippen molar-refractivity contribution in [3.8, 4) is 28.9 Å². The van der Waals surface area contributed by atoms with E-state index in [0.29, 0.717) is 42.9 Å². The number of nitrogens with zero attached hydrogens (tertiary/aromatic N) is 6. The first-order valence-electron chi connectivity index (χ1n) is 18.6. The molecule has 5 aliphatic rings. The summed E-state index contributed by atoms with van der Waals surface area (Å²) in [5.41, 5.74) is -1.35. The highest BCUT2D eigenvalue weighted by molar-refractivity contribution is 6.02. The van der Waals surface area contributed by atoms with E-state index >= 15 is 8.78 Å². The number of hydrogen-bond acceptors (Lipinski definition) is 11. The number of rotatable bonds is 7. The summed E-state index contributed by atoms with van der Waals surface area (Å²) < 4.78 is 77.2. The molecule has 4 saturated heterocycles. The minimum absolute atomic E-state index is 0.0705. The number of amides is 1. The summed E-state index contributed by atoms with van der Waals surface area (Å²) in [7, 11) is 1.48. The molecule has 0 unspecified atom stereocenters. The molecule has 5 aliphatic heterocycles. The topological polar surface area (TPSA) is 112 Å². The zero-order chi connectivity index (χ0) is 37.5. The van der Waals surface area contributed by atoms with Crippen molar-refractivity contribution >= 4 is 33.6 Å².